The van der Waals surface area contributed by atoms with E-state index in [1.165, 1.54) is 6.20 Å². The van der Waals surface area contributed by atoms with Gasteiger partial charge < -0.3 is 10.6 Å². The number of para-hydroxylation sites is 1. The van der Waals surface area contributed by atoms with Crippen molar-refractivity contribution in [3.8, 4) is 0 Å². The van der Waals surface area contributed by atoms with Gasteiger partial charge in [0.2, 0.25) is 0 Å². The molecule has 0 aliphatic heterocycles. The van der Waals surface area contributed by atoms with Gasteiger partial charge in [-0.2, -0.15) is 10.2 Å². The van der Waals surface area contributed by atoms with E-state index < -0.39 is 0 Å². The van der Waals surface area contributed by atoms with Crippen molar-refractivity contribution in [1.82, 2.24) is 24.4 Å². The standard InChI is InChI=1S/C18H17N7O/c1-24-14(7-9-20-24)11-19-16-8-10-25-17(23-16)15(12-21-25)18(26)22-13-5-3-2-4-6-13/h2-10,12H,11H2,1H3,(H,19,23)(H,22,26). The second-order valence-corrected chi connectivity index (χ2v) is 5.76. The summed E-state index contributed by atoms with van der Waals surface area (Å²) in [6.07, 6.45) is 5.04. The van der Waals surface area contributed by atoms with Crippen LogP contribution in [0, 0.1) is 0 Å². The summed E-state index contributed by atoms with van der Waals surface area (Å²) < 4.78 is 3.37. The molecule has 1 amide bonds. The summed E-state index contributed by atoms with van der Waals surface area (Å²) >= 11 is 0. The minimum atomic E-state index is -0.248. The van der Waals surface area contributed by atoms with E-state index >= 15 is 0 Å². The molecule has 8 nitrogen and oxygen atoms in total. The van der Waals surface area contributed by atoms with E-state index in [4.69, 9.17) is 0 Å². The van der Waals surface area contributed by atoms with Crippen molar-refractivity contribution in [2.24, 2.45) is 7.05 Å². The van der Waals surface area contributed by atoms with Gasteiger partial charge in [-0.25, -0.2) is 9.50 Å². The Morgan fingerprint density at radius 2 is 1.96 bits per heavy atom. The Kier molecular flexibility index (Phi) is 4.06. The van der Waals surface area contributed by atoms with Gasteiger partial charge in [-0.15, -0.1) is 0 Å². The summed E-state index contributed by atoms with van der Waals surface area (Å²) in [6.45, 7) is 0.583. The second-order valence-electron chi connectivity index (χ2n) is 5.76. The first-order chi connectivity index (χ1) is 12.7. The Morgan fingerprint density at radius 3 is 2.73 bits per heavy atom. The van der Waals surface area contributed by atoms with Gasteiger partial charge in [-0.3, -0.25) is 9.48 Å². The lowest BCUT2D eigenvalue weighted by atomic mass is 10.2. The van der Waals surface area contributed by atoms with Crippen molar-refractivity contribution in [1.29, 1.82) is 0 Å². The highest BCUT2D eigenvalue weighted by Gasteiger charge is 2.15. The van der Waals surface area contributed by atoms with Gasteiger partial charge in [0.05, 0.1) is 18.4 Å². The maximum atomic E-state index is 12.6. The zero-order valence-electron chi connectivity index (χ0n) is 14.1. The maximum Gasteiger partial charge on any atom is 0.261 e. The third kappa shape index (κ3) is 3.12. The number of benzene rings is 1. The van der Waals surface area contributed by atoms with Gasteiger partial charge in [0.15, 0.2) is 5.65 Å². The van der Waals surface area contributed by atoms with Crippen LogP contribution in [0.25, 0.3) is 5.65 Å². The van der Waals surface area contributed by atoms with Gasteiger partial charge in [0.25, 0.3) is 5.91 Å². The van der Waals surface area contributed by atoms with Crippen molar-refractivity contribution in [2.45, 2.75) is 6.54 Å². The van der Waals surface area contributed by atoms with Crippen LogP contribution in [-0.2, 0) is 13.6 Å². The SMILES string of the molecule is Cn1nccc1CNc1ccn2ncc(C(=O)Nc3ccccc3)c2n1. The largest absolute Gasteiger partial charge is 0.364 e. The topological polar surface area (TPSA) is 89.1 Å². The number of nitrogens with zero attached hydrogens (tertiary/aromatic N) is 5. The van der Waals surface area contributed by atoms with E-state index in [1.807, 2.05) is 49.5 Å². The Labute approximate surface area is 149 Å². The predicted molar refractivity (Wildman–Crippen MR) is 97.9 cm³/mol. The molecule has 0 fully saturated rings. The molecule has 0 bridgehead atoms. The molecule has 0 saturated carbocycles. The summed E-state index contributed by atoms with van der Waals surface area (Å²) in [5, 5.41) is 14.4. The number of rotatable bonds is 5. The number of fused-ring (bicyclic) bond motifs is 1. The molecule has 0 saturated heterocycles. The lowest BCUT2D eigenvalue weighted by Crippen LogP contribution is -2.12. The number of hydrogen-bond donors (Lipinski definition) is 2. The fraction of sp³-hybridized carbons (Fsp3) is 0.111. The average Bonchev–Trinajstić information content (AvgIpc) is 3.26. The molecular weight excluding hydrogens is 330 g/mol. The zero-order valence-corrected chi connectivity index (χ0v) is 14.1. The molecule has 0 unspecified atom stereocenters. The van der Waals surface area contributed by atoms with Crippen LogP contribution in [-0.4, -0.2) is 30.3 Å². The first-order valence-electron chi connectivity index (χ1n) is 8.12. The Balaban J connectivity index is 1.56. The molecule has 26 heavy (non-hydrogen) atoms. The molecule has 0 radical (unpaired) electrons. The molecule has 3 heterocycles. The first-order valence-corrected chi connectivity index (χ1v) is 8.12. The highest BCUT2D eigenvalue weighted by molar-refractivity contribution is 6.08. The van der Waals surface area contributed by atoms with Crippen LogP contribution in [0.15, 0.2) is 61.1 Å². The molecule has 1 aromatic carbocycles. The minimum absolute atomic E-state index is 0.248. The molecule has 0 aliphatic carbocycles. The van der Waals surface area contributed by atoms with Crippen LogP contribution in [0.3, 0.4) is 0 Å². The molecular formula is C18H17N7O. The average molecular weight is 347 g/mol. The van der Waals surface area contributed by atoms with Crippen LogP contribution in [0.1, 0.15) is 16.1 Å². The molecule has 0 atom stereocenters. The molecule has 2 N–H and O–H groups in total. The lowest BCUT2D eigenvalue weighted by molar-refractivity contribution is 0.102. The number of nitrogens with one attached hydrogen (secondary N) is 2. The Morgan fingerprint density at radius 1 is 1.12 bits per heavy atom. The summed E-state index contributed by atoms with van der Waals surface area (Å²) in [7, 11) is 1.89. The Bertz CT molecular complexity index is 1050. The van der Waals surface area contributed by atoms with Crippen LogP contribution in [0.5, 0.6) is 0 Å². The number of anilines is 2. The summed E-state index contributed by atoms with van der Waals surface area (Å²) in [6, 6.07) is 13.0. The van der Waals surface area contributed by atoms with Crippen molar-refractivity contribution in [2.75, 3.05) is 10.6 Å². The second kappa shape index (κ2) is 6.67. The van der Waals surface area contributed by atoms with Crippen LogP contribution in [0.2, 0.25) is 0 Å². The smallest absolute Gasteiger partial charge is 0.261 e. The van der Waals surface area contributed by atoms with Gasteiger partial charge in [0.1, 0.15) is 11.4 Å². The van der Waals surface area contributed by atoms with E-state index in [0.29, 0.717) is 23.6 Å². The normalized spacial score (nSPS) is 10.8. The van der Waals surface area contributed by atoms with Crippen LogP contribution >= 0.6 is 0 Å². The zero-order chi connectivity index (χ0) is 17.9. The van der Waals surface area contributed by atoms with Gasteiger partial charge in [0, 0.05) is 25.1 Å². The predicted octanol–water partition coefficient (Wildman–Crippen LogP) is 2.33. The van der Waals surface area contributed by atoms with E-state index in [1.54, 1.807) is 21.6 Å². The Hall–Kier alpha value is -3.68. The minimum Gasteiger partial charge on any atom is -0.364 e. The fourth-order valence-corrected chi connectivity index (χ4v) is 2.60. The number of carbonyl (C=O) groups excluding carboxylic acids is 1. The molecule has 0 spiro atoms. The summed E-state index contributed by atoms with van der Waals surface area (Å²) in [5.74, 6) is 0.412. The van der Waals surface area contributed by atoms with Gasteiger partial charge in [-0.05, 0) is 24.3 Å². The first kappa shape index (κ1) is 15.8. The van der Waals surface area contributed by atoms with Crippen molar-refractivity contribution >= 4 is 23.1 Å². The van der Waals surface area contributed by atoms with E-state index in [9.17, 15) is 4.79 Å². The molecule has 4 rings (SSSR count). The quantitative estimate of drug-likeness (QED) is 0.578. The molecule has 130 valence electrons. The van der Waals surface area contributed by atoms with E-state index in [2.05, 4.69) is 25.8 Å². The van der Waals surface area contributed by atoms with Gasteiger partial charge in [-0.1, -0.05) is 18.2 Å². The number of aromatic nitrogens is 5. The molecule has 0 aliphatic rings. The van der Waals surface area contributed by atoms with Crippen molar-refractivity contribution in [3.05, 3.63) is 72.3 Å². The molecule has 4 aromatic rings. The fourth-order valence-electron chi connectivity index (χ4n) is 2.60. The van der Waals surface area contributed by atoms with E-state index in [-0.39, 0.29) is 5.91 Å². The van der Waals surface area contributed by atoms with Crippen molar-refractivity contribution in [3.63, 3.8) is 0 Å². The number of hydrogen-bond acceptors (Lipinski definition) is 5. The maximum absolute atomic E-state index is 12.6. The monoisotopic (exact) mass is 347 g/mol. The number of carbonyl (C=O) groups is 1. The third-order valence-electron chi connectivity index (χ3n) is 4.02. The van der Waals surface area contributed by atoms with Crippen molar-refractivity contribution < 1.29 is 4.79 Å². The van der Waals surface area contributed by atoms with E-state index in [0.717, 1.165) is 11.4 Å². The van der Waals surface area contributed by atoms with Crippen LogP contribution in [0.4, 0.5) is 11.5 Å². The summed E-state index contributed by atoms with van der Waals surface area (Å²) in [5.41, 5.74) is 2.66. The third-order valence-corrected chi connectivity index (χ3v) is 4.02. The highest BCUT2D eigenvalue weighted by Crippen LogP contribution is 2.15. The number of aryl methyl sites for hydroxylation is 1. The molecule has 8 heteroatoms. The highest BCUT2D eigenvalue weighted by atomic mass is 16.1. The van der Waals surface area contributed by atoms with Gasteiger partial charge >= 0.3 is 0 Å². The lowest BCUT2D eigenvalue weighted by Gasteiger charge is -2.07. The van der Waals surface area contributed by atoms with Crippen LogP contribution < -0.4 is 10.6 Å². The number of amides is 1. The molecule has 3 aromatic heterocycles. The summed E-state index contributed by atoms with van der Waals surface area (Å²) in [4.78, 5) is 17.1.